The Morgan fingerprint density at radius 3 is 2.81 bits per heavy atom. The second-order valence-electron chi connectivity index (χ2n) is 4.60. The number of phenolic OH excluding ortho intramolecular Hbond substituents is 1. The van der Waals surface area contributed by atoms with E-state index >= 15 is 0 Å². The van der Waals surface area contributed by atoms with E-state index in [1.165, 1.54) is 6.42 Å². The Morgan fingerprint density at radius 1 is 1.50 bits per heavy atom. The van der Waals surface area contributed by atoms with Crippen molar-refractivity contribution in [2.24, 2.45) is 11.8 Å². The molecular formula is C13H19NO2. The van der Waals surface area contributed by atoms with Gasteiger partial charge in [0.25, 0.3) is 0 Å². The van der Waals surface area contributed by atoms with E-state index in [0.29, 0.717) is 11.5 Å². The summed E-state index contributed by atoms with van der Waals surface area (Å²) in [6.07, 6.45) is 1.33. The molecule has 3 nitrogen and oxygen atoms in total. The maximum atomic E-state index is 9.74. The zero-order valence-corrected chi connectivity index (χ0v) is 9.86. The lowest BCUT2D eigenvalue weighted by molar-refractivity contribution is 0.405. The van der Waals surface area contributed by atoms with Crippen LogP contribution >= 0.6 is 0 Å². The van der Waals surface area contributed by atoms with Crippen LogP contribution in [0.15, 0.2) is 18.2 Å². The molecule has 0 spiro atoms. The highest BCUT2D eigenvalue weighted by Gasteiger charge is 2.31. The SMILES string of the molecule is COc1ccc(CNCC2CC2C)c(O)c1. The van der Waals surface area contributed by atoms with Gasteiger partial charge in [-0.1, -0.05) is 13.0 Å². The molecule has 1 aromatic rings. The highest BCUT2D eigenvalue weighted by atomic mass is 16.5. The van der Waals surface area contributed by atoms with Crippen LogP contribution in [0.1, 0.15) is 18.9 Å². The van der Waals surface area contributed by atoms with E-state index in [2.05, 4.69) is 12.2 Å². The Morgan fingerprint density at radius 2 is 2.25 bits per heavy atom. The first-order valence-electron chi connectivity index (χ1n) is 5.77. The molecule has 0 radical (unpaired) electrons. The summed E-state index contributed by atoms with van der Waals surface area (Å²) in [5.41, 5.74) is 0.925. The lowest BCUT2D eigenvalue weighted by atomic mass is 10.2. The van der Waals surface area contributed by atoms with E-state index in [0.717, 1.165) is 30.5 Å². The minimum Gasteiger partial charge on any atom is -0.507 e. The summed E-state index contributed by atoms with van der Waals surface area (Å²) in [7, 11) is 1.60. The van der Waals surface area contributed by atoms with Crippen LogP contribution in [0.2, 0.25) is 0 Å². The molecule has 88 valence electrons. The quantitative estimate of drug-likeness (QED) is 0.800. The predicted octanol–water partition coefficient (Wildman–Crippen LogP) is 2.15. The van der Waals surface area contributed by atoms with Gasteiger partial charge in [-0.15, -0.1) is 0 Å². The Labute approximate surface area is 96.4 Å². The molecule has 0 aliphatic heterocycles. The molecule has 0 aromatic heterocycles. The number of methoxy groups -OCH3 is 1. The van der Waals surface area contributed by atoms with Gasteiger partial charge in [-0.3, -0.25) is 0 Å². The summed E-state index contributed by atoms with van der Waals surface area (Å²) < 4.78 is 5.04. The molecule has 1 aromatic carbocycles. The van der Waals surface area contributed by atoms with Crippen molar-refractivity contribution < 1.29 is 9.84 Å². The lowest BCUT2D eigenvalue weighted by Gasteiger charge is -2.08. The Balaban J connectivity index is 1.84. The number of hydrogen-bond acceptors (Lipinski definition) is 3. The monoisotopic (exact) mass is 221 g/mol. The van der Waals surface area contributed by atoms with Gasteiger partial charge in [-0.05, 0) is 30.9 Å². The number of nitrogens with one attached hydrogen (secondary N) is 1. The Bertz CT molecular complexity index is 365. The molecule has 2 atom stereocenters. The molecule has 2 unspecified atom stereocenters. The van der Waals surface area contributed by atoms with Crippen LogP contribution in [0, 0.1) is 11.8 Å². The third-order valence-corrected chi connectivity index (χ3v) is 3.29. The maximum absolute atomic E-state index is 9.74. The number of benzene rings is 1. The molecule has 1 fully saturated rings. The standard InChI is InChI=1S/C13H19NO2/c1-9-5-11(9)8-14-7-10-3-4-12(16-2)6-13(10)15/h3-4,6,9,11,14-15H,5,7-8H2,1-2H3. The van der Waals surface area contributed by atoms with Crippen molar-refractivity contribution in [2.75, 3.05) is 13.7 Å². The molecule has 2 rings (SSSR count). The molecule has 2 N–H and O–H groups in total. The second-order valence-corrected chi connectivity index (χ2v) is 4.60. The third-order valence-electron chi connectivity index (χ3n) is 3.29. The largest absolute Gasteiger partial charge is 0.507 e. The van der Waals surface area contributed by atoms with Gasteiger partial charge in [-0.2, -0.15) is 0 Å². The molecule has 16 heavy (non-hydrogen) atoms. The highest BCUT2D eigenvalue weighted by Crippen LogP contribution is 2.36. The topological polar surface area (TPSA) is 41.5 Å². The Kier molecular flexibility index (Phi) is 3.34. The van der Waals surface area contributed by atoms with Crippen LogP contribution in [-0.4, -0.2) is 18.8 Å². The average molecular weight is 221 g/mol. The van der Waals surface area contributed by atoms with E-state index in [1.807, 2.05) is 12.1 Å². The Hall–Kier alpha value is -1.22. The van der Waals surface area contributed by atoms with E-state index in [4.69, 9.17) is 4.74 Å². The fraction of sp³-hybridized carbons (Fsp3) is 0.538. The number of ether oxygens (including phenoxy) is 1. The lowest BCUT2D eigenvalue weighted by Crippen LogP contribution is -2.16. The van der Waals surface area contributed by atoms with Crippen LogP contribution in [-0.2, 0) is 6.54 Å². The first-order valence-corrected chi connectivity index (χ1v) is 5.77. The molecule has 0 heterocycles. The third kappa shape index (κ3) is 2.67. The smallest absolute Gasteiger partial charge is 0.123 e. The summed E-state index contributed by atoms with van der Waals surface area (Å²) in [6.45, 7) is 4.04. The van der Waals surface area contributed by atoms with Crippen molar-refractivity contribution in [1.82, 2.24) is 5.32 Å². The van der Waals surface area contributed by atoms with Gasteiger partial charge in [0.1, 0.15) is 11.5 Å². The second kappa shape index (κ2) is 4.74. The molecule has 1 saturated carbocycles. The van der Waals surface area contributed by atoms with Crippen LogP contribution in [0.25, 0.3) is 0 Å². The van der Waals surface area contributed by atoms with E-state index in [9.17, 15) is 5.11 Å². The van der Waals surface area contributed by atoms with Gasteiger partial charge >= 0.3 is 0 Å². The normalized spacial score (nSPS) is 23.1. The van der Waals surface area contributed by atoms with Crippen molar-refractivity contribution in [3.05, 3.63) is 23.8 Å². The zero-order chi connectivity index (χ0) is 11.5. The summed E-state index contributed by atoms with van der Waals surface area (Å²) in [6, 6.07) is 5.42. The van der Waals surface area contributed by atoms with Crippen molar-refractivity contribution >= 4 is 0 Å². The van der Waals surface area contributed by atoms with Crippen molar-refractivity contribution in [3.8, 4) is 11.5 Å². The minimum atomic E-state index is 0.302. The van der Waals surface area contributed by atoms with Crippen LogP contribution in [0.4, 0.5) is 0 Å². The molecule has 0 bridgehead atoms. The van der Waals surface area contributed by atoms with Crippen molar-refractivity contribution in [3.63, 3.8) is 0 Å². The fourth-order valence-corrected chi connectivity index (χ4v) is 1.90. The van der Waals surface area contributed by atoms with Gasteiger partial charge < -0.3 is 15.2 Å². The van der Waals surface area contributed by atoms with Gasteiger partial charge in [0.05, 0.1) is 7.11 Å². The first-order chi connectivity index (χ1) is 7.70. The number of rotatable bonds is 5. The first kappa shape index (κ1) is 11.3. The van der Waals surface area contributed by atoms with E-state index in [1.54, 1.807) is 13.2 Å². The molecular weight excluding hydrogens is 202 g/mol. The van der Waals surface area contributed by atoms with Crippen LogP contribution in [0.3, 0.4) is 0 Å². The summed E-state index contributed by atoms with van der Waals surface area (Å²) in [4.78, 5) is 0. The molecule has 0 saturated heterocycles. The van der Waals surface area contributed by atoms with Crippen LogP contribution in [0.5, 0.6) is 11.5 Å². The fourth-order valence-electron chi connectivity index (χ4n) is 1.90. The minimum absolute atomic E-state index is 0.302. The molecule has 3 heteroatoms. The molecule has 1 aliphatic rings. The molecule has 0 amide bonds. The van der Waals surface area contributed by atoms with Crippen LogP contribution < -0.4 is 10.1 Å². The van der Waals surface area contributed by atoms with E-state index in [-0.39, 0.29) is 0 Å². The van der Waals surface area contributed by atoms with Crippen molar-refractivity contribution in [1.29, 1.82) is 0 Å². The maximum Gasteiger partial charge on any atom is 0.123 e. The number of phenols is 1. The van der Waals surface area contributed by atoms with Gasteiger partial charge in [-0.25, -0.2) is 0 Å². The van der Waals surface area contributed by atoms with Gasteiger partial charge in [0.2, 0.25) is 0 Å². The summed E-state index contributed by atoms with van der Waals surface area (Å²) in [5.74, 6) is 2.70. The summed E-state index contributed by atoms with van der Waals surface area (Å²) >= 11 is 0. The average Bonchev–Trinajstić information content (AvgIpc) is 2.97. The zero-order valence-electron chi connectivity index (χ0n) is 9.86. The molecule has 1 aliphatic carbocycles. The van der Waals surface area contributed by atoms with Gasteiger partial charge in [0, 0.05) is 18.2 Å². The summed E-state index contributed by atoms with van der Waals surface area (Å²) in [5, 5.41) is 13.1. The van der Waals surface area contributed by atoms with Crippen molar-refractivity contribution in [2.45, 2.75) is 19.9 Å². The van der Waals surface area contributed by atoms with E-state index < -0.39 is 0 Å². The highest BCUT2D eigenvalue weighted by molar-refractivity contribution is 5.39. The number of hydrogen-bond donors (Lipinski definition) is 2. The predicted molar refractivity (Wildman–Crippen MR) is 63.6 cm³/mol. The van der Waals surface area contributed by atoms with Gasteiger partial charge in [0.15, 0.2) is 0 Å². The number of aromatic hydroxyl groups is 1.